The van der Waals surface area contributed by atoms with E-state index >= 15 is 0 Å². The molecule has 0 saturated carbocycles. The van der Waals surface area contributed by atoms with E-state index in [9.17, 15) is 4.79 Å². The smallest absolute Gasteiger partial charge is 0.229 e. The molecule has 0 N–H and O–H groups in total. The van der Waals surface area contributed by atoms with E-state index in [2.05, 4.69) is 4.90 Å². The highest BCUT2D eigenvalue weighted by Gasteiger charge is 2.31. The Balaban J connectivity index is 1.33. The summed E-state index contributed by atoms with van der Waals surface area (Å²) < 4.78 is 16.5. The SMILES string of the molecule is COc1ccc2c(c1)C[C@H](C(=O)N1CCN(Cc3ccco3)CC1)CO2. The largest absolute Gasteiger partial charge is 0.497 e. The number of fused-ring (bicyclic) bond motifs is 1. The molecule has 1 atom stereocenters. The normalized spacial score (nSPS) is 20.3. The monoisotopic (exact) mass is 356 g/mol. The molecule has 0 bridgehead atoms. The van der Waals surface area contributed by atoms with Crippen LogP contribution in [0.2, 0.25) is 0 Å². The molecular formula is C20H24N2O4. The van der Waals surface area contributed by atoms with Crippen LogP contribution in [0.1, 0.15) is 11.3 Å². The van der Waals surface area contributed by atoms with Crippen LogP contribution in [0.5, 0.6) is 11.5 Å². The maximum absolute atomic E-state index is 12.9. The van der Waals surface area contributed by atoms with Crippen LogP contribution in [0.25, 0.3) is 0 Å². The van der Waals surface area contributed by atoms with Crippen molar-refractivity contribution in [3.05, 3.63) is 47.9 Å². The topological polar surface area (TPSA) is 55.2 Å². The average Bonchev–Trinajstić information content (AvgIpc) is 3.20. The summed E-state index contributed by atoms with van der Waals surface area (Å²) in [4.78, 5) is 17.2. The number of piperazine rings is 1. The Morgan fingerprint density at radius 1 is 1.23 bits per heavy atom. The standard InChI is InChI=1S/C20H24N2O4/c1-24-17-4-5-19-15(12-17)11-16(14-26-19)20(23)22-8-6-21(7-9-22)13-18-3-2-10-25-18/h2-5,10,12,16H,6-9,11,13-14H2,1H3/t16-/m0/s1. The molecule has 4 rings (SSSR count). The molecule has 2 aliphatic rings. The summed E-state index contributed by atoms with van der Waals surface area (Å²) >= 11 is 0. The van der Waals surface area contributed by atoms with Crippen LogP contribution < -0.4 is 9.47 Å². The highest BCUT2D eigenvalue weighted by atomic mass is 16.5. The molecule has 1 aromatic heterocycles. The first-order chi connectivity index (χ1) is 12.7. The maximum Gasteiger partial charge on any atom is 0.229 e. The van der Waals surface area contributed by atoms with Crippen LogP contribution >= 0.6 is 0 Å². The Labute approximate surface area is 153 Å². The molecule has 1 saturated heterocycles. The molecule has 138 valence electrons. The van der Waals surface area contributed by atoms with Crippen molar-refractivity contribution in [2.24, 2.45) is 5.92 Å². The number of nitrogens with zero attached hydrogens (tertiary/aromatic N) is 2. The zero-order chi connectivity index (χ0) is 17.9. The van der Waals surface area contributed by atoms with Gasteiger partial charge < -0.3 is 18.8 Å². The number of carbonyl (C=O) groups is 1. The van der Waals surface area contributed by atoms with Gasteiger partial charge >= 0.3 is 0 Å². The first-order valence-corrected chi connectivity index (χ1v) is 9.06. The predicted molar refractivity (Wildman–Crippen MR) is 96.2 cm³/mol. The van der Waals surface area contributed by atoms with Crippen molar-refractivity contribution in [1.82, 2.24) is 9.80 Å². The van der Waals surface area contributed by atoms with E-state index < -0.39 is 0 Å². The van der Waals surface area contributed by atoms with Crippen molar-refractivity contribution < 1.29 is 18.7 Å². The molecule has 1 fully saturated rings. The maximum atomic E-state index is 12.9. The Hall–Kier alpha value is -2.47. The number of amides is 1. The molecule has 26 heavy (non-hydrogen) atoms. The molecule has 6 heteroatoms. The Bertz CT molecular complexity index is 751. The van der Waals surface area contributed by atoms with Crippen LogP contribution in [-0.4, -0.2) is 55.6 Å². The Kier molecular flexibility index (Phi) is 4.84. The number of furan rings is 1. The third-order valence-electron chi connectivity index (χ3n) is 5.17. The molecule has 0 radical (unpaired) electrons. The quantitative estimate of drug-likeness (QED) is 0.841. The van der Waals surface area contributed by atoms with Gasteiger partial charge in [-0.15, -0.1) is 0 Å². The van der Waals surface area contributed by atoms with E-state index in [0.29, 0.717) is 13.0 Å². The van der Waals surface area contributed by atoms with Crippen molar-refractivity contribution in [2.75, 3.05) is 39.9 Å². The Morgan fingerprint density at radius 3 is 2.81 bits per heavy atom. The van der Waals surface area contributed by atoms with Gasteiger partial charge in [-0.25, -0.2) is 0 Å². The fourth-order valence-electron chi connectivity index (χ4n) is 3.66. The fraction of sp³-hybridized carbons (Fsp3) is 0.450. The average molecular weight is 356 g/mol. The molecule has 1 aromatic carbocycles. The van der Waals surface area contributed by atoms with Gasteiger partial charge in [0.25, 0.3) is 0 Å². The molecule has 2 aliphatic heterocycles. The molecule has 3 heterocycles. The fourth-order valence-corrected chi connectivity index (χ4v) is 3.66. The highest BCUT2D eigenvalue weighted by molar-refractivity contribution is 5.80. The molecule has 0 spiro atoms. The van der Waals surface area contributed by atoms with Crippen molar-refractivity contribution in [3.8, 4) is 11.5 Å². The second-order valence-corrected chi connectivity index (χ2v) is 6.87. The minimum Gasteiger partial charge on any atom is -0.497 e. The number of ether oxygens (including phenoxy) is 2. The Morgan fingerprint density at radius 2 is 2.08 bits per heavy atom. The molecule has 2 aromatic rings. The van der Waals surface area contributed by atoms with Crippen LogP contribution in [-0.2, 0) is 17.8 Å². The summed E-state index contributed by atoms with van der Waals surface area (Å²) in [5.74, 6) is 2.70. The zero-order valence-corrected chi connectivity index (χ0v) is 15.0. The number of hydrogen-bond acceptors (Lipinski definition) is 5. The van der Waals surface area contributed by atoms with Gasteiger partial charge in [0.05, 0.1) is 25.8 Å². The first-order valence-electron chi connectivity index (χ1n) is 9.06. The molecule has 1 amide bonds. The summed E-state index contributed by atoms with van der Waals surface area (Å²) in [6.07, 6.45) is 2.41. The third kappa shape index (κ3) is 3.55. The predicted octanol–water partition coefficient (Wildman–Crippen LogP) is 2.18. The van der Waals surface area contributed by atoms with E-state index in [4.69, 9.17) is 13.9 Å². The van der Waals surface area contributed by atoms with Gasteiger partial charge in [-0.3, -0.25) is 9.69 Å². The van der Waals surface area contributed by atoms with E-state index in [1.54, 1.807) is 13.4 Å². The van der Waals surface area contributed by atoms with Gasteiger partial charge in [-0.1, -0.05) is 0 Å². The summed E-state index contributed by atoms with van der Waals surface area (Å²) in [6.45, 7) is 4.48. The molecule has 6 nitrogen and oxygen atoms in total. The summed E-state index contributed by atoms with van der Waals surface area (Å²) in [7, 11) is 1.65. The van der Waals surface area contributed by atoms with E-state index in [-0.39, 0.29) is 11.8 Å². The lowest BCUT2D eigenvalue weighted by Crippen LogP contribution is -2.51. The summed E-state index contributed by atoms with van der Waals surface area (Å²) in [5, 5.41) is 0. The van der Waals surface area contributed by atoms with Gasteiger partial charge in [0.15, 0.2) is 0 Å². The third-order valence-corrected chi connectivity index (χ3v) is 5.17. The van der Waals surface area contributed by atoms with Gasteiger partial charge in [0.2, 0.25) is 5.91 Å². The van der Waals surface area contributed by atoms with Crippen LogP contribution in [0.4, 0.5) is 0 Å². The lowest BCUT2D eigenvalue weighted by Gasteiger charge is -2.37. The number of rotatable bonds is 4. The van der Waals surface area contributed by atoms with Gasteiger partial charge in [0, 0.05) is 26.2 Å². The van der Waals surface area contributed by atoms with Crippen LogP contribution in [0.3, 0.4) is 0 Å². The molecule has 0 unspecified atom stereocenters. The lowest BCUT2D eigenvalue weighted by atomic mass is 9.95. The van der Waals surface area contributed by atoms with E-state index in [1.807, 2.05) is 35.2 Å². The second kappa shape index (κ2) is 7.41. The zero-order valence-electron chi connectivity index (χ0n) is 15.0. The van der Waals surface area contributed by atoms with Gasteiger partial charge in [-0.2, -0.15) is 0 Å². The number of methoxy groups -OCH3 is 1. The van der Waals surface area contributed by atoms with Crippen molar-refractivity contribution >= 4 is 5.91 Å². The lowest BCUT2D eigenvalue weighted by molar-refractivity contribution is -0.138. The van der Waals surface area contributed by atoms with E-state index in [0.717, 1.165) is 55.5 Å². The van der Waals surface area contributed by atoms with E-state index in [1.165, 1.54) is 0 Å². The summed E-state index contributed by atoms with van der Waals surface area (Å²) in [6, 6.07) is 9.67. The second-order valence-electron chi connectivity index (χ2n) is 6.87. The molecule has 0 aliphatic carbocycles. The van der Waals surface area contributed by atoms with Crippen LogP contribution in [0.15, 0.2) is 41.0 Å². The minimum atomic E-state index is -0.119. The van der Waals surface area contributed by atoms with Crippen molar-refractivity contribution in [2.45, 2.75) is 13.0 Å². The van der Waals surface area contributed by atoms with Crippen LogP contribution in [0, 0.1) is 5.92 Å². The first kappa shape index (κ1) is 17.0. The number of benzene rings is 1. The number of carbonyl (C=O) groups excluding carboxylic acids is 1. The van der Waals surface area contributed by atoms with Gasteiger partial charge in [0.1, 0.15) is 23.9 Å². The minimum absolute atomic E-state index is 0.119. The van der Waals surface area contributed by atoms with Crippen molar-refractivity contribution in [3.63, 3.8) is 0 Å². The van der Waals surface area contributed by atoms with Gasteiger partial charge in [-0.05, 0) is 42.3 Å². The molecular weight excluding hydrogens is 332 g/mol. The number of hydrogen-bond donors (Lipinski definition) is 0. The summed E-state index contributed by atoms with van der Waals surface area (Å²) in [5.41, 5.74) is 1.05. The van der Waals surface area contributed by atoms with Crippen molar-refractivity contribution in [1.29, 1.82) is 0 Å². The highest BCUT2D eigenvalue weighted by Crippen LogP contribution is 2.31.